The first-order valence-electron chi connectivity index (χ1n) is 9.65. The number of nitrogens with zero attached hydrogens (tertiary/aromatic N) is 1. The highest BCUT2D eigenvalue weighted by Gasteiger charge is 2.36. The van der Waals surface area contributed by atoms with Gasteiger partial charge in [0.15, 0.2) is 11.5 Å². The maximum Gasteiger partial charge on any atom is 0.294 e. The average molecular weight is 456 g/mol. The standard InChI is InChI=1S/C22H20N2O7S/c1-28-15-7-13(8-16(11-15)29-2)9-19-21(26)24(22(27)32-19)12-20(25)23-14-3-4-17-18(10-14)31-6-5-30-17/h3-4,7-11H,5-6,12H2,1-2H3,(H,23,25)/b19-9+. The smallest absolute Gasteiger partial charge is 0.294 e. The third kappa shape index (κ3) is 4.65. The first-order valence-corrected chi connectivity index (χ1v) is 10.5. The number of hydrogen-bond acceptors (Lipinski definition) is 8. The topological polar surface area (TPSA) is 103 Å². The van der Waals surface area contributed by atoms with E-state index in [9.17, 15) is 14.4 Å². The van der Waals surface area contributed by atoms with Gasteiger partial charge in [-0.25, -0.2) is 0 Å². The lowest BCUT2D eigenvalue weighted by Crippen LogP contribution is -2.36. The molecular formula is C22H20N2O7S. The molecule has 0 saturated carbocycles. The Balaban J connectivity index is 1.45. The molecule has 32 heavy (non-hydrogen) atoms. The van der Waals surface area contributed by atoms with Crippen LogP contribution in [0, 0.1) is 0 Å². The average Bonchev–Trinajstić information content (AvgIpc) is 3.05. The van der Waals surface area contributed by atoms with Crippen molar-refractivity contribution in [3.05, 3.63) is 46.9 Å². The van der Waals surface area contributed by atoms with Crippen LogP contribution in [0.15, 0.2) is 41.3 Å². The molecule has 0 atom stereocenters. The van der Waals surface area contributed by atoms with E-state index in [0.29, 0.717) is 47.5 Å². The monoisotopic (exact) mass is 456 g/mol. The summed E-state index contributed by atoms with van der Waals surface area (Å²) >= 11 is 0.771. The fraction of sp³-hybridized carbons (Fsp3) is 0.227. The molecule has 0 aromatic heterocycles. The summed E-state index contributed by atoms with van der Waals surface area (Å²) < 4.78 is 21.4. The van der Waals surface area contributed by atoms with Gasteiger partial charge in [0.05, 0.1) is 19.1 Å². The third-order valence-corrected chi connectivity index (χ3v) is 5.58. The van der Waals surface area contributed by atoms with Crippen LogP contribution in [0.4, 0.5) is 10.5 Å². The van der Waals surface area contributed by atoms with E-state index >= 15 is 0 Å². The summed E-state index contributed by atoms with van der Waals surface area (Å²) in [7, 11) is 3.04. The van der Waals surface area contributed by atoms with Crippen molar-refractivity contribution in [3.8, 4) is 23.0 Å². The minimum Gasteiger partial charge on any atom is -0.497 e. The Morgan fingerprint density at radius 2 is 1.75 bits per heavy atom. The fourth-order valence-corrected chi connectivity index (χ4v) is 4.00. The molecule has 2 heterocycles. The van der Waals surface area contributed by atoms with Gasteiger partial charge >= 0.3 is 0 Å². The number of fused-ring (bicyclic) bond motifs is 1. The van der Waals surface area contributed by atoms with Crippen LogP contribution in [-0.2, 0) is 9.59 Å². The normalized spacial score (nSPS) is 16.3. The fourth-order valence-electron chi connectivity index (χ4n) is 3.17. The number of nitrogens with one attached hydrogen (secondary N) is 1. The van der Waals surface area contributed by atoms with E-state index in [0.717, 1.165) is 16.7 Å². The van der Waals surface area contributed by atoms with Crippen molar-refractivity contribution in [1.82, 2.24) is 4.90 Å². The van der Waals surface area contributed by atoms with Gasteiger partial charge in [-0.05, 0) is 47.7 Å². The molecule has 0 spiro atoms. The second kappa shape index (κ2) is 9.23. The molecule has 1 saturated heterocycles. The zero-order valence-electron chi connectivity index (χ0n) is 17.4. The predicted octanol–water partition coefficient (Wildman–Crippen LogP) is 3.15. The lowest BCUT2D eigenvalue weighted by molar-refractivity contribution is -0.127. The van der Waals surface area contributed by atoms with Crippen molar-refractivity contribution in [2.75, 3.05) is 39.3 Å². The van der Waals surface area contributed by atoms with Crippen molar-refractivity contribution in [2.45, 2.75) is 0 Å². The molecule has 0 aliphatic carbocycles. The van der Waals surface area contributed by atoms with Crippen LogP contribution in [0.1, 0.15) is 5.56 Å². The van der Waals surface area contributed by atoms with E-state index in [-0.39, 0.29) is 4.91 Å². The number of methoxy groups -OCH3 is 2. The van der Waals surface area contributed by atoms with Crippen LogP contribution in [0.2, 0.25) is 0 Å². The summed E-state index contributed by atoms with van der Waals surface area (Å²) in [4.78, 5) is 38.7. The molecule has 166 valence electrons. The van der Waals surface area contributed by atoms with E-state index in [4.69, 9.17) is 18.9 Å². The van der Waals surface area contributed by atoms with Gasteiger partial charge < -0.3 is 24.3 Å². The number of imide groups is 1. The number of amides is 3. The molecule has 1 N–H and O–H groups in total. The molecule has 0 unspecified atom stereocenters. The zero-order chi connectivity index (χ0) is 22.7. The molecule has 2 aromatic rings. The van der Waals surface area contributed by atoms with Gasteiger partial charge in [-0.3, -0.25) is 19.3 Å². The molecule has 3 amide bonds. The Bertz CT molecular complexity index is 1090. The van der Waals surface area contributed by atoms with Gasteiger partial charge in [-0.1, -0.05) is 0 Å². The summed E-state index contributed by atoms with van der Waals surface area (Å²) in [6, 6.07) is 10.1. The molecule has 2 aromatic carbocycles. The predicted molar refractivity (Wildman–Crippen MR) is 118 cm³/mol. The van der Waals surface area contributed by atoms with Crippen molar-refractivity contribution in [2.24, 2.45) is 0 Å². The van der Waals surface area contributed by atoms with Crippen molar-refractivity contribution in [1.29, 1.82) is 0 Å². The van der Waals surface area contributed by atoms with Crippen LogP contribution in [0.3, 0.4) is 0 Å². The Hall–Kier alpha value is -3.66. The van der Waals surface area contributed by atoms with Crippen LogP contribution >= 0.6 is 11.8 Å². The lowest BCUT2D eigenvalue weighted by Gasteiger charge is -2.19. The lowest BCUT2D eigenvalue weighted by atomic mass is 10.2. The van der Waals surface area contributed by atoms with E-state index in [1.807, 2.05) is 0 Å². The van der Waals surface area contributed by atoms with Crippen molar-refractivity contribution < 1.29 is 33.3 Å². The molecule has 10 heteroatoms. The zero-order valence-corrected chi connectivity index (χ0v) is 18.2. The first kappa shape index (κ1) is 21.6. The summed E-state index contributed by atoms with van der Waals surface area (Å²) in [5.41, 5.74) is 1.11. The second-order valence-electron chi connectivity index (χ2n) is 6.82. The van der Waals surface area contributed by atoms with Crippen LogP contribution in [0.5, 0.6) is 23.0 Å². The number of ether oxygens (including phenoxy) is 4. The number of carbonyl (C=O) groups excluding carboxylic acids is 3. The minimum atomic E-state index is -0.542. The van der Waals surface area contributed by atoms with E-state index in [1.165, 1.54) is 14.2 Å². The molecule has 9 nitrogen and oxygen atoms in total. The van der Waals surface area contributed by atoms with Gasteiger partial charge in [-0.2, -0.15) is 0 Å². The van der Waals surface area contributed by atoms with Gasteiger partial charge in [0.25, 0.3) is 11.1 Å². The SMILES string of the molecule is COc1cc(/C=C2/SC(=O)N(CC(=O)Nc3ccc4c(c3)OCCO4)C2=O)cc(OC)c1. The number of benzene rings is 2. The molecule has 4 rings (SSSR count). The summed E-state index contributed by atoms with van der Waals surface area (Å²) in [5, 5.41) is 2.15. The number of thioether (sulfide) groups is 1. The molecule has 2 aliphatic heterocycles. The number of carbonyl (C=O) groups is 3. The maximum atomic E-state index is 12.7. The highest BCUT2D eigenvalue weighted by molar-refractivity contribution is 8.18. The summed E-state index contributed by atoms with van der Waals surface area (Å²) in [5.74, 6) is 1.17. The first-order chi connectivity index (χ1) is 15.5. The van der Waals surface area contributed by atoms with E-state index in [1.54, 1.807) is 42.5 Å². The van der Waals surface area contributed by atoms with Crippen molar-refractivity contribution >= 4 is 40.6 Å². The van der Waals surface area contributed by atoms with E-state index < -0.39 is 23.6 Å². The van der Waals surface area contributed by atoms with Crippen molar-refractivity contribution in [3.63, 3.8) is 0 Å². The molecule has 0 radical (unpaired) electrons. The van der Waals surface area contributed by atoms with Gasteiger partial charge in [-0.15, -0.1) is 0 Å². The van der Waals surface area contributed by atoms with Gasteiger partial charge in [0.2, 0.25) is 5.91 Å². The maximum absolute atomic E-state index is 12.7. The Kier molecular flexibility index (Phi) is 6.22. The van der Waals surface area contributed by atoms with Gasteiger partial charge in [0.1, 0.15) is 31.3 Å². The summed E-state index contributed by atoms with van der Waals surface area (Å²) in [6.07, 6.45) is 1.56. The highest BCUT2D eigenvalue weighted by Crippen LogP contribution is 2.34. The largest absolute Gasteiger partial charge is 0.497 e. The number of anilines is 1. The number of hydrogen-bond donors (Lipinski definition) is 1. The van der Waals surface area contributed by atoms with Crippen LogP contribution < -0.4 is 24.3 Å². The highest BCUT2D eigenvalue weighted by atomic mass is 32.2. The Morgan fingerprint density at radius 3 is 2.44 bits per heavy atom. The quantitative estimate of drug-likeness (QED) is 0.662. The molecule has 2 aliphatic rings. The van der Waals surface area contributed by atoms with Gasteiger partial charge in [0, 0.05) is 17.8 Å². The second-order valence-corrected chi connectivity index (χ2v) is 7.81. The molecule has 0 bridgehead atoms. The minimum absolute atomic E-state index is 0.206. The van der Waals surface area contributed by atoms with Crippen LogP contribution in [-0.4, -0.2) is 55.9 Å². The summed E-state index contributed by atoms with van der Waals surface area (Å²) in [6.45, 7) is 0.485. The third-order valence-electron chi connectivity index (χ3n) is 4.67. The Labute approximate surface area is 188 Å². The van der Waals surface area contributed by atoms with Crippen LogP contribution in [0.25, 0.3) is 6.08 Å². The van der Waals surface area contributed by atoms with E-state index in [2.05, 4.69) is 5.32 Å². The molecule has 1 fully saturated rings. The molecular weight excluding hydrogens is 436 g/mol. The number of rotatable bonds is 6. The Morgan fingerprint density at radius 1 is 1.06 bits per heavy atom.